The van der Waals surface area contributed by atoms with Crippen LogP contribution in [0.5, 0.6) is 0 Å². The summed E-state index contributed by atoms with van der Waals surface area (Å²) in [4.78, 5) is 1.99. The van der Waals surface area contributed by atoms with Crippen molar-refractivity contribution < 1.29 is 9.90 Å². The van der Waals surface area contributed by atoms with Crippen molar-refractivity contribution in [2.75, 3.05) is 4.90 Å². The quantitative estimate of drug-likeness (QED) is 0.198. The number of benzene rings is 8. The fraction of sp³-hybridized carbons (Fsp3) is 0. The molecule has 0 saturated heterocycles. The number of anilines is 3. The highest BCUT2D eigenvalue weighted by Gasteiger charge is 2.23. The highest BCUT2D eigenvalue weighted by atomic mass is 16.3. The second-order valence-corrected chi connectivity index (χ2v) is 11.4. The van der Waals surface area contributed by atoms with Crippen LogP contribution in [0.15, 0.2) is 180 Å². The zero-order chi connectivity index (χ0) is 33.9. The summed E-state index contributed by atoms with van der Waals surface area (Å²) in [6.07, 6.45) is 0. The molecule has 0 N–H and O–H groups in total. The maximum Gasteiger partial charge on any atom is 0.143 e. The minimum atomic E-state index is -0.296. The Morgan fingerprint density at radius 1 is 0.478 bits per heavy atom. The normalized spacial score (nSPS) is 12.7. The molecule has 9 aromatic rings. The van der Waals surface area contributed by atoms with Crippen LogP contribution in [0.3, 0.4) is 0 Å². The van der Waals surface area contributed by atoms with Gasteiger partial charge in [-0.15, -0.1) is 0 Å². The SMILES string of the molecule is [2H]c1c([2H])c([2H])c(N(c2cccc(-c3cccc4ccccc34)c2)c2cccc3oc4c5ccccc5ccc4c23)c(-c2ccccc2)c1[2H]. The summed E-state index contributed by atoms with van der Waals surface area (Å²) in [6, 6.07) is 49.7. The van der Waals surface area contributed by atoms with Gasteiger partial charge >= 0.3 is 0 Å². The van der Waals surface area contributed by atoms with E-state index in [2.05, 4.69) is 66.7 Å². The summed E-state index contributed by atoms with van der Waals surface area (Å²) in [5, 5.41) is 6.12. The molecule has 0 fully saturated rings. The van der Waals surface area contributed by atoms with E-state index in [1.807, 2.05) is 89.8 Å². The molecule has 0 aliphatic heterocycles. The monoisotopic (exact) mass is 591 g/mol. The van der Waals surface area contributed by atoms with Gasteiger partial charge in [0.1, 0.15) is 11.2 Å². The van der Waals surface area contributed by atoms with Gasteiger partial charge in [0.15, 0.2) is 0 Å². The third kappa shape index (κ3) is 4.27. The fourth-order valence-corrected chi connectivity index (χ4v) is 6.69. The van der Waals surface area contributed by atoms with Crippen molar-refractivity contribution >= 4 is 60.5 Å². The Hall–Kier alpha value is -6.12. The summed E-state index contributed by atoms with van der Waals surface area (Å²) in [5.74, 6) is 0. The Labute approximate surface area is 273 Å². The van der Waals surface area contributed by atoms with Gasteiger partial charge in [0.05, 0.1) is 22.2 Å². The van der Waals surface area contributed by atoms with Crippen LogP contribution in [0.2, 0.25) is 0 Å². The molecule has 0 spiro atoms. The molecule has 2 heteroatoms. The number of hydrogen-bond acceptors (Lipinski definition) is 2. The van der Waals surface area contributed by atoms with E-state index < -0.39 is 0 Å². The first kappa shape index (κ1) is 22.4. The van der Waals surface area contributed by atoms with Gasteiger partial charge < -0.3 is 9.32 Å². The molecule has 0 amide bonds. The molecular weight excluding hydrogens is 558 g/mol. The van der Waals surface area contributed by atoms with Crippen LogP contribution >= 0.6 is 0 Å². The van der Waals surface area contributed by atoms with Crippen molar-refractivity contribution in [2.24, 2.45) is 0 Å². The lowest BCUT2D eigenvalue weighted by Crippen LogP contribution is -2.11. The molecule has 0 saturated carbocycles. The van der Waals surface area contributed by atoms with Crippen LogP contribution in [0, 0.1) is 0 Å². The van der Waals surface area contributed by atoms with Crippen LogP contribution in [0.1, 0.15) is 5.48 Å². The average Bonchev–Trinajstić information content (AvgIpc) is 3.56. The molecule has 9 rings (SSSR count). The van der Waals surface area contributed by atoms with Crippen molar-refractivity contribution in [1.29, 1.82) is 0 Å². The van der Waals surface area contributed by atoms with Crippen molar-refractivity contribution in [3.8, 4) is 22.3 Å². The van der Waals surface area contributed by atoms with Crippen molar-refractivity contribution in [3.63, 3.8) is 0 Å². The van der Waals surface area contributed by atoms with E-state index in [-0.39, 0.29) is 24.2 Å². The maximum absolute atomic E-state index is 9.46. The van der Waals surface area contributed by atoms with Gasteiger partial charge in [-0.05, 0) is 69.2 Å². The highest BCUT2D eigenvalue weighted by Crippen LogP contribution is 2.47. The molecule has 216 valence electrons. The van der Waals surface area contributed by atoms with E-state index in [1.54, 1.807) is 0 Å². The molecule has 0 bridgehead atoms. The zero-order valence-electron chi connectivity index (χ0n) is 28.8. The van der Waals surface area contributed by atoms with Gasteiger partial charge in [-0.1, -0.05) is 139 Å². The number of para-hydroxylation sites is 1. The predicted octanol–water partition coefficient (Wildman–Crippen LogP) is 12.7. The lowest BCUT2D eigenvalue weighted by molar-refractivity contribution is 0.672. The lowest BCUT2D eigenvalue weighted by atomic mass is 9.97. The van der Waals surface area contributed by atoms with Crippen molar-refractivity contribution in [3.05, 3.63) is 176 Å². The molecule has 1 aromatic heterocycles. The van der Waals surface area contributed by atoms with Gasteiger partial charge in [0.25, 0.3) is 0 Å². The molecule has 46 heavy (non-hydrogen) atoms. The van der Waals surface area contributed by atoms with Crippen LogP contribution in [-0.2, 0) is 0 Å². The van der Waals surface area contributed by atoms with Gasteiger partial charge in [-0.25, -0.2) is 0 Å². The van der Waals surface area contributed by atoms with Gasteiger partial charge in [0, 0.05) is 22.0 Å². The summed E-state index contributed by atoms with van der Waals surface area (Å²) in [6.45, 7) is 0. The van der Waals surface area contributed by atoms with Crippen LogP contribution in [-0.4, -0.2) is 0 Å². The number of fused-ring (bicyclic) bond motifs is 6. The Balaban J connectivity index is 1.40. The second-order valence-electron chi connectivity index (χ2n) is 11.4. The third-order valence-corrected chi connectivity index (χ3v) is 8.76. The fourth-order valence-electron chi connectivity index (χ4n) is 6.69. The Bertz CT molecular complexity index is 2770. The smallest absolute Gasteiger partial charge is 0.143 e. The van der Waals surface area contributed by atoms with E-state index in [1.165, 1.54) is 0 Å². The topological polar surface area (TPSA) is 16.4 Å². The standard InChI is InChI=1S/C44H29NO/c1-2-13-31(14-3-1)37-21-8-9-24-40(37)45(34-19-10-18-33(29-34)36-23-11-17-30-15-4-6-20-35(30)36)41-25-12-26-42-43(41)39-28-27-32-16-5-7-22-38(32)44(39)46-42/h1-29H/i8D,9D,21D,24D. The Morgan fingerprint density at radius 2 is 1.17 bits per heavy atom. The van der Waals surface area contributed by atoms with Gasteiger partial charge in [-0.2, -0.15) is 0 Å². The van der Waals surface area contributed by atoms with E-state index in [0.717, 1.165) is 60.4 Å². The minimum Gasteiger partial charge on any atom is -0.455 e. The van der Waals surface area contributed by atoms with Crippen LogP contribution in [0.4, 0.5) is 17.1 Å². The molecular formula is C44H29NO. The lowest BCUT2D eigenvalue weighted by Gasteiger charge is -2.29. The van der Waals surface area contributed by atoms with E-state index in [9.17, 15) is 2.74 Å². The molecule has 2 nitrogen and oxygen atoms in total. The Kier molecular flexibility index (Phi) is 5.26. The van der Waals surface area contributed by atoms with Gasteiger partial charge in [-0.3, -0.25) is 0 Å². The molecule has 1 heterocycles. The number of rotatable bonds is 5. The first-order valence-corrected chi connectivity index (χ1v) is 15.4. The minimum absolute atomic E-state index is 0.0994. The van der Waals surface area contributed by atoms with E-state index in [4.69, 9.17) is 7.16 Å². The third-order valence-electron chi connectivity index (χ3n) is 8.76. The summed E-state index contributed by atoms with van der Waals surface area (Å²) in [5.41, 5.74) is 6.49. The largest absolute Gasteiger partial charge is 0.455 e. The molecule has 0 unspecified atom stereocenters. The van der Waals surface area contributed by atoms with E-state index in [0.29, 0.717) is 22.4 Å². The Morgan fingerprint density at radius 3 is 2.07 bits per heavy atom. The first-order valence-electron chi connectivity index (χ1n) is 17.4. The summed E-state index contributed by atoms with van der Waals surface area (Å²) < 4.78 is 42.9. The summed E-state index contributed by atoms with van der Waals surface area (Å²) in [7, 11) is 0. The molecule has 0 aliphatic carbocycles. The molecule has 0 atom stereocenters. The second kappa shape index (κ2) is 10.8. The van der Waals surface area contributed by atoms with E-state index >= 15 is 0 Å². The molecule has 0 radical (unpaired) electrons. The molecule has 8 aromatic carbocycles. The maximum atomic E-state index is 9.46. The highest BCUT2D eigenvalue weighted by molar-refractivity contribution is 6.20. The number of furan rings is 1. The van der Waals surface area contributed by atoms with Crippen molar-refractivity contribution in [1.82, 2.24) is 0 Å². The zero-order valence-corrected chi connectivity index (χ0v) is 24.8. The average molecular weight is 592 g/mol. The summed E-state index contributed by atoms with van der Waals surface area (Å²) >= 11 is 0. The molecule has 0 aliphatic rings. The predicted molar refractivity (Wildman–Crippen MR) is 194 cm³/mol. The van der Waals surface area contributed by atoms with Crippen molar-refractivity contribution in [2.45, 2.75) is 0 Å². The number of nitrogens with zero attached hydrogens (tertiary/aromatic N) is 1. The number of hydrogen-bond donors (Lipinski definition) is 0. The first-order chi connectivity index (χ1) is 24.5. The van der Waals surface area contributed by atoms with Gasteiger partial charge in [0.2, 0.25) is 0 Å². The van der Waals surface area contributed by atoms with Crippen LogP contribution in [0.25, 0.3) is 65.7 Å². The van der Waals surface area contributed by atoms with Crippen LogP contribution < -0.4 is 4.90 Å².